The summed E-state index contributed by atoms with van der Waals surface area (Å²) in [6.45, 7) is 1.82. The Morgan fingerprint density at radius 3 is 2.50 bits per heavy atom. The van der Waals surface area contributed by atoms with Crippen LogP contribution in [-0.4, -0.2) is 19.9 Å². The lowest BCUT2D eigenvalue weighted by Gasteiger charge is -2.21. The van der Waals surface area contributed by atoms with Gasteiger partial charge in [-0.15, -0.1) is 0 Å². The Balaban J connectivity index is 3.05. The topological polar surface area (TPSA) is 60.2 Å². The molecular weight excluding hydrogens is 246 g/mol. The summed E-state index contributed by atoms with van der Waals surface area (Å²) >= 11 is 5.85. The molecule has 1 aromatic rings. The third-order valence-electron chi connectivity index (χ3n) is 2.59. The second-order valence-corrected chi connectivity index (χ2v) is 6.56. The zero-order valence-electron chi connectivity index (χ0n) is 9.35. The molecule has 5 heteroatoms. The van der Waals surface area contributed by atoms with E-state index in [0.717, 1.165) is 5.56 Å². The molecule has 0 aliphatic carbocycles. The number of sulfone groups is 1. The van der Waals surface area contributed by atoms with Gasteiger partial charge in [-0.3, -0.25) is 0 Å². The van der Waals surface area contributed by atoms with Gasteiger partial charge in [-0.05, 0) is 24.1 Å². The average molecular weight is 262 g/mol. The molecular formula is C11H16ClNO2S. The molecule has 0 bridgehead atoms. The third kappa shape index (κ3) is 3.20. The van der Waals surface area contributed by atoms with Crippen LogP contribution in [0, 0.1) is 0 Å². The van der Waals surface area contributed by atoms with Crippen molar-refractivity contribution in [1.82, 2.24) is 0 Å². The van der Waals surface area contributed by atoms with Crippen molar-refractivity contribution in [2.75, 3.05) is 6.26 Å². The molecule has 0 aromatic heterocycles. The first-order chi connectivity index (χ1) is 7.36. The van der Waals surface area contributed by atoms with Crippen molar-refractivity contribution >= 4 is 21.4 Å². The lowest BCUT2D eigenvalue weighted by molar-refractivity contribution is 0.553. The first-order valence-electron chi connectivity index (χ1n) is 5.06. The van der Waals surface area contributed by atoms with Gasteiger partial charge in [0, 0.05) is 17.3 Å². The van der Waals surface area contributed by atoms with Gasteiger partial charge in [0.15, 0.2) is 9.84 Å². The molecule has 2 atom stereocenters. The molecule has 0 amide bonds. The highest BCUT2D eigenvalue weighted by Crippen LogP contribution is 2.24. The normalized spacial score (nSPS) is 15.8. The Bertz CT molecular complexity index is 459. The Morgan fingerprint density at radius 2 is 2.06 bits per heavy atom. The van der Waals surface area contributed by atoms with Gasteiger partial charge >= 0.3 is 0 Å². The van der Waals surface area contributed by atoms with E-state index in [4.69, 9.17) is 17.3 Å². The van der Waals surface area contributed by atoms with Crippen LogP contribution in [0.25, 0.3) is 0 Å². The first-order valence-corrected chi connectivity index (χ1v) is 7.39. The van der Waals surface area contributed by atoms with Crippen LogP contribution in [0.15, 0.2) is 24.3 Å². The monoisotopic (exact) mass is 261 g/mol. The molecule has 0 aliphatic heterocycles. The van der Waals surface area contributed by atoms with Crippen molar-refractivity contribution in [3.05, 3.63) is 34.9 Å². The summed E-state index contributed by atoms with van der Waals surface area (Å²) in [6.07, 6.45) is 1.71. The van der Waals surface area contributed by atoms with Crippen LogP contribution in [0.5, 0.6) is 0 Å². The zero-order valence-corrected chi connectivity index (χ0v) is 10.9. The van der Waals surface area contributed by atoms with Crippen molar-refractivity contribution in [1.29, 1.82) is 0 Å². The average Bonchev–Trinajstić information content (AvgIpc) is 2.16. The molecule has 90 valence electrons. The van der Waals surface area contributed by atoms with Crippen LogP contribution in [0.2, 0.25) is 5.02 Å². The highest BCUT2D eigenvalue weighted by molar-refractivity contribution is 7.91. The van der Waals surface area contributed by atoms with E-state index in [1.165, 1.54) is 6.26 Å². The van der Waals surface area contributed by atoms with E-state index in [-0.39, 0.29) is 0 Å². The van der Waals surface area contributed by atoms with Gasteiger partial charge in [-0.2, -0.15) is 0 Å². The van der Waals surface area contributed by atoms with Gasteiger partial charge in [0.05, 0.1) is 5.25 Å². The number of halogens is 1. The minimum atomic E-state index is -3.14. The van der Waals surface area contributed by atoms with Gasteiger partial charge < -0.3 is 5.73 Å². The summed E-state index contributed by atoms with van der Waals surface area (Å²) in [6, 6.07) is 6.48. The summed E-state index contributed by atoms with van der Waals surface area (Å²) in [5.41, 5.74) is 6.72. The van der Waals surface area contributed by atoms with Crippen LogP contribution in [0.1, 0.15) is 24.9 Å². The Morgan fingerprint density at radius 1 is 1.44 bits per heavy atom. The fraction of sp³-hybridized carbons (Fsp3) is 0.455. The Hall–Kier alpha value is -0.580. The van der Waals surface area contributed by atoms with Gasteiger partial charge in [-0.1, -0.05) is 30.7 Å². The molecule has 0 radical (unpaired) electrons. The molecule has 0 saturated carbocycles. The minimum absolute atomic E-state index is 0.493. The molecule has 1 rings (SSSR count). The summed E-state index contributed by atoms with van der Waals surface area (Å²) in [5.74, 6) is 0. The van der Waals surface area contributed by atoms with Crippen molar-refractivity contribution in [2.24, 2.45) is 5.73 Å². The molecule has 1 aromatic carbocycles. The van der Waals surface area contributed by atoms with Crippen LogP contribution >= 0.6 is 11.6 Å². The van der Waals surface area contributed by atoms with Crippen molar-refractivity contribution in [3.63, 3.8) is 0 Å². The molecule has 2 N–H and O–H groups in total. The van der Waals surface area contributed by atoms with Gasteiger partial charge in [0.1, 0.15) is 0 Å². The number of rotatable bonds is 4. The molecule has 0 unspecified atom stereocenters. The van der Waals surface area contributed by atoms with E-state index in [1.54, 1.807) is 24.3 Å². The molecule has 0 spiro atoms. The van der Waals surface area contributed by atoms with E-state index >= 15 is 0 Å². The summed E-state index contributed by atoms with van der Waals surface area (Å²) in [7, 11) is -3.14. The maximum Gasteiger partial charge on any atom is 0.152 e. The number of hydrogen-bond acceptors (Lipinski definition) is 3. The quantitative estimate of drug-likeness (QED) is 0.904. The number of benzene rings is 1. The number of nitrogens with two attached hydrogens (primary N) is 1. The van der Waals surface area contributed by atoms with E-state index in [0.29, 0.717) is 11.4 Å². The Labute approximate surface area is 102 Å². The maximum atomic E-state index is 11.5. The number of hydrogen-bond donors (Lipinski definition) is 1. The first kappa shape index (κ1) is 13.5. The molecule has 0 aliphatic rings. The van der Waals surface area contributed by atoms with Crippen LogP contribution in [0.4, 0.5) is 0 Å². The third-order valence-corrected chi connectivity index (χ3v) is 4.55. The predicted molar refractivity (Wildman–Crippen MR) is 67.3 cm³/mol. The lowest BCUT2D eigenvalue weighted by Crippen LogP contribution is -2.32. The van der Waals surface area contributed by atoms with Crippen molar-refractivity contribution < 1.29 is 8.42 Å². The van der Waals surface area contributed by atoms with Crippen LogP contribution in [0.3, 0.4) is 0 Å². The van der Waals surface area contributed by atoms with Crippen LogP contribution in [-0.2, 0) is 9.84 Å². The molecule has 0 fully saturated rings. The van der Waals surface area contributed by atoms with Gasteiger partial charge in [-0.25, -0.2) is 8.42 Å². The van der Waals surface area contributed by atoms with Gasteiger partial charge in [0.25, 0.3) is 0 Å². The minimum Gasteiger partial charge on any atom is -0.323 e. The molecule has 16 heavy (non-hydrogen) atoms. The molecule has 0 heterocycles. The van der Waals surface area contributed by atoms with Gasteiger partial charge in [0.2, 0.25) is 0 Å². The van der Waals surface area contributed by atoms with Crippen LogP contribution < -0.4 is 5.73 Å². The van der Waals surface area contributed by atoms with E-state index < -0.39 is 21.1 Å². The standard InChI is InChI=1S/C11H16ClNO2S/c1-3-10(16(2,14)15)11(13)8-5-4-6-9(12)7-8/h4-7,10-11H,3,13H2,1-2H3/t10-,11-/m0/s1. The molecule has 3 nitrogen and oxygen atoms in total. The van der Waals surface area contributed by atoms with Crippen molar-refractivity contribution in [2.45, 2.75) is 24.6 Å². The van der Waals surface area contributed by atoms with E-state index in [9.17, 15) is 8.42 Å². The highest BCUT2D eigenvalue weighted by Gasteiger charge is 2.27. The largest absolute Gasteiger partial charge is 0.323 e. The fourth-order valence-corrected chi connectivity index (χ4v) is 3.25. The highest BCUT2D eigenvalue weighted by atomic mass is 35.5. The fourth-order valence-electron chi connectivity index (χ4n) is 1.75. The summed E-state index contributed by atoms with van der Waals surface area (Å²) < 4.78 is 23.1. The molecule has 0 saturated heterocycles. The Kier molecular flexibility index (Phi) is 4.35. The van der Waals surface area contributed by atoms with Crippen molar-refractivity contribution in [3.8, 4) is 0 Å². The lowest BCUT2D eigenvalue weighted by atomic mass is 10.0. The second kappa shape index (κ2) is 5.17. The zero-order chi connectivity index (χ0) is 12.3. The second-order valence-electron chi connectivity index (χ2n) is 3.86. The summed E-state index contributed by atoms with van der Waals surface area (Å²) in [4.78, 5) is 0. The maximum absolute atomic E-state index is 11.5. The summed E-state index contributed by atoms with van der Waals surface area (Å²) in [5, 5.41) is 0.00210. The van der Waals surface area contributed by atoms with E-state index in [2.05, 4.69) is 0 Å². The van der Waals surface area contributed by atoms with E-state index in [1.807, 2.05) is 6.92 Å². The predicted octanol–water partition coefficient (Wildman–Crippen LogP) is 2.16. The SMILES string of the molecule is CC[C@@H]([C@@H](N)c1cccc(Cl)c1)S(C)(=O)=O. The smallest absolute Gasteiger partial charge is 0.152 e.